The molecule has 0 aliphatic rings. The third-order valence-electron chi connectivity index (χ3n) is 2.66. The minimum atomic E-state index is -0.427. The molecule has 1 N–H and O–H groups in total. The number of benzene rings is 1. The maximum Gasteiger partial charge on any atom is 0.269 e. The zero-order chi connectivity index (χ0) is 13.8. The van der Waals surface area contributed by atoms with Crippen molar-refractivity contribution in [2.24, 2.45) is 0 Å². The first-order chi connectivity index (χ1) is 9.08. The summed E-state index contributed by atoms with van der Waals surface area (Å²) in [5.74, 6) is 0. The summed E-state index contributed by atoms with van der Waals surface area (Å²) in [6.45, 7) is 2.45. The fraction of sp³-hybridized carbons (Fsp3) is 0.250. The molecule has 0 amide bonds. The Morgan fingerprint density at radius 1 is 1.58 bits per heavy atom. The van der Waals surface area contributed by atoms with Gasteiger partial charge in [0.05, 0.1) is 11.0 Å². The predicted molar refractivity (Wildman–Crippen MR) is 75.5 cm³/mol. The molecule has 1 unspecified atom stereocenters. The van der Waals surface area contributed by atoms with Crippen molar-refractivity contribution in [2.45, 2.75) is 19.5 Å². The number of hydrogen-bond acceptors (Lipinski definition) is 5. The lowest BCUT2D eigenvalue weighted by atomic mass is 10.2. The van der Waals surface area contributed by atoms with Crippen LogP contribution in [0.1, 0.15) is 23.5 Å². The van der Waals surface area contributed by atoms with Crippen LogP contribution in [0.5, 0.6) is 0 Å². The summed E-state index contributed by atoms with van der Waals surface area (Å²) in [4.78, 5) is 14.5. The highest BCUT2D eigenvalue weighted by atomic mass is 35.5. The number of aromatic nitrogens is 1. The van der Waals surface area contributed by atoms with E-state index in [1.165, 1.54) is 12.1 Å². The normalized spacial score (nSPS) is 12.3. The summed E-state index contributed by atoms with van der Waals surface area (Å²) in [6.07, 6.45) is 1.75. The number of nitrogens with one attached hydrogen (secondary N) is 1. The molecule has 0 saturated carbocycles. The van der Waals surface area contributed by atoms with Gasteiger partial charge in [0.15, 0.2) is 0 Å². The highest BCUT2D eigenvalue weighted by Crippen LogP contribution is 2.23. The van der Waals surface area contributed by atoms with Crippen LogP contribution in [0, 0.1) is 10.1 Å². The second kappa shape index (κ2) is 6.10. The quantitative estimate of drug-likeness (QED) is 0.677. The van der Waals surface area contributed by atoms with Crippen LogP contribution in [0.3, 0.4) is 0 Å². The lowest BCUT2D eigenvalue weighted by Crippen LogP contribution is -2.18. The number of nitrogens with zero attached hydrogens (tertiary/aromatic N) is 2. The molecule has 2 aromatic rings. The maximum absolute atomic E-state index is 10.7. The van der Waals surface area contributed by atoms with E-state index in [1.807, 2.05) is 12.3 Å². The lowest BCUT2D eigenvalue weighted by Gasteiger charge is -2.11. The van der Waals surface area contributed by atoms with E-state index in [2.05, 4.69) is 10.3 Å². The van der Waals surface area contributed by atoms with Gasteiger partial charge in [0, 0.05) is 35.3 Å². The molecule has 100 valence electrons. The molecular weight excluding hydrogens is 286 g/mol. The van der Waals surface area contributed by atoms with Gasteiger partial charge < -0.3 is 5.32 Å². The van der Waals surface area contributed by atoms with E-state index < -0.39 is 4.92 Å². The van der Waals surface area contributed by atoms with Crippen molar-refractivity contribution in [1.82, 2.24) is 10.3 Å². The molecule has 0 radical (unpaired) electrons. The molecular formula is C12H12ClN3O2S. The molecule has 1 atom stereocenters. The number of thiazole rings is 1. The molecule has 0 aliphatic heterocycles. The highest BCUT2D eigenvalue weighted by molar-refractivity contribution is 7.09. The first-order valence-electron chi connectivity index (χ1n) is 5.63. The van der Waals surface area contributed by atoms with E-state index in [9.17, 15) is 10.1 Å². The number of rotatable bonds is 5. The van der Waals surface area contributed by atoms with Crippen LogP contribution in [0.2, 0.25) is 5.02 Å². The van der Waals surface area contributed by atoms with Gasteiger partial charge in [0.1, 0.15) is 5.01 Å². The zero-order valence-electron chi connectivity index (χ0n) is 10.2. The van der Waals surface area contributed by atoms with E-state index in [0.29, 0.717) is 17.1 Å². The van der Waals surface area contributed by atoms with Crippen molar-refractivity contribution in [3.05, 3.63) is 55.5 Å². The van der Waals surface area contributed by atoms with E-state index in [4.69, 9.17) is 11.6 Å². The molecule has 0 saturated heterocycles. The summed E-state index contributed by atoms with van der Waals surface area (Å²) in [6, 6.07) is 4.51. The van der Waals surface area contributed by atoms with Gasteiger partial charge in [-0.05, 0) is 18.6 Å². The summed E-state index contributed by atoms with van der Waals surface area (Å²) in [5.41, 5.74) is 0.752. The van der Waals surface area contributed by atoms with Crippen molar-refractivity contribution in [1.29, 1.82) is 0 Å². The zero-order valence-corrected chi connectivity index (χ0v) is 11.7. The van der Waals surface area contributed by atoms with Crippen molar-refractivity contribution in [2.75, 3.05) is 0 Å². The largest absolute Gasteiger partial charge is 0.304 e. The SMILES string of the molecule is CC(NCc1cc([N+](=O)[O-])ccc1Cl)c1nccs1. The number of nitro benzene ring substituents is 1. The van der Waals surface area contributed by atoms with E-state index >= 15 is 0 Å². The second-order valence-corrected chi connectivity index (χ2v) is 5.34. The monoisotopic (exact) mass is 297 g/mol. The third kappa shape index (κ3) is 3.50. The van der Waals surface area contributed by atoms with Crippen LogP contribution in [0.25, 0.3) is 0 Å². The van der Waals surface area contributed by atoms with Crippen molar-refractivity contribution >= 4 is 28.6 Å². The lowest BCUT2D eigenvalue weighted by molar-refractivity contribution is -0.384. The minimum Gasteiger partial charge on any atom is -0.304 e. The van der Waals surface area contributed by atoms with Crippen molar-refractivity contribution < 1.29 is 4.92 Å². The smallest absolute Gasteiger partial charge is 0.269 e. The molecule has 1 heterocycles. The minimum absolute atomic E-state index is 0.0445. The standard InChI is InChI=1S/C12H12ClN3O2S/c1-8(12-14-4-5-19-12)15-7-9-6-10(16(17)18)2-3-11(9)13/h2-6,8,15H,7H2,1H3. The summed E-state index contributed by atoms with van der Waals surface area (Å²) >= 11 is 7.60. The Morgan fingerprint density at radius 3 is 3.00 bits per heavy atom. The molecule has 1 aromatic heterocycles. The van der Waals surface area contributed by atoms with Crippen LogP contribution in [-0.4, -0.2) is 9.91 Å². The predicted octanol–water partition coefficient (Wildman–Crippen LogP) is 3.56. The van der Waals surface area contributed by atoms with E-state index in [-0.39, 0.29) is 11.7 Å². The molecule has 0 bridgehead atoms. The maximum atomic E-state index is 10.7. The van der Waals surface area contributed by atoms with Crippen LogP contribution >= 0.6 is 22.9 Å². The van der Waals surface area contributed by atoms with Gasteiger partial charge in [0.25, 0.3) is 5.69 Å². The Kier molecular flexibility index (Phi) is 4.47. The number of nitro groups is 1. The van der Waals surface area contributed by atoms with Crippen LogP contribution < -0.4 is 5.32 Å². The Morgan fingerprint density at radius 2 is 2.37 bits per heavy atom. The van der Waals surface area contributed by atoms with Gasteiger partial charge in [-0.2, -0.15) is 0 Å². The second-order valence-electron chi connectivity index (χ2n) is 4.01. The first-order valence-corrected chi connectivity index (χ1v) is 6.89. The molecule has 7 heteroatoms. The molecule has 0 spiro atoms. The average Bonchev–Trinajstić information content (AvgIpc) is 2.91. The average molecular weight is 298 g/mol. The fourth-order valence-corrected chi connectivity index (χ4v) is 2.46. The third-order valence-corrected chi connectivity index (χ3v) is 3.99. The Labute approximate surface area is 119 Å². The van der Waals surface area contributed by atoms with Gasteiger partial charge in [-0.3, -0.25) is 10.1 Å². The Balaban J connectivity index is 2.06. The van der Waals surface area contributed by atoms with E-state index in [0.717, 1.165) is 5.01 Å². The summed E-state index contributed by atoms with van der Waals surface area (Å²) in [7, 11) is 0. The Bertz CT molecular complexity index is 574. The van der Waals surface area contributed by atoms with Crippen molar-refractivity contribution in [3.63, 3.8) is 0 Å². The fourth-order valence-electron chi connectivity index (χ4n) is 1.61. The van der Waals surface area contributed by atoms with E-state index in [1.54, 1.807) is 23.6 Å². The van der Waals surface area contributed by atoms with Crippen LogP contribution in [0.4, 0.5) is 5.69 Å². The first kappa shape index (κ1) is 13.9. The Hall–Kier alpha value is -1.50. The summed E-state index contributed by atoms with van der Waals surface area (Å²) < 4.78 is 0. The highest BCUT2D eigenvalue weighted by Gasteiger charge is 2.12. The van der Waals surface area contributed by atoms with Crippen molar-refractivity contribution in [3.8, 4) is 0 Å². The van der Waals surface area contributed by atoms with Gasteiger partial charge in [-0.1, -0.05) is 11.6 Å². The summed E-state index contributed by atoms with van der Waals surface area (Å²) in [5, 5.41) is 17.4. The van der Waals surface area contributed by atoms with Gasteiger partial charge >= 0.3 is 0 Å². The topological polar surface area (TPSA) is 68.1 Å². The van der Waals surface area contributed by atoms with Gasteiger partial charge in [0.2, 0.25) is 0 Å². The van der Waals surface area contributed by atoms with Gasteiger partial charge in [-0.15, -0.1) is 11.3 Å². The van der Waals surface area contributed by atoms with Crippen LogP contribution in [-0.2, 0) is 6.54 Å². The molecule has 5 nitrogen and oxygen atoms in total. The molecule has 0 aliphatic carbocycles. The van der Waals surface area contributed by atoms with Gasteiger partial charge in [-0.25, -0.2) is 4.98 Å². The molecule has 1 aromatic carbocycles. The number of non-ortho nitro benzene ring substituents is 1. The molecule has 0 fully saturated rings. The molecule has 19 heavy (non-hydrogen) atoms. The number of halogens is 1. The number of hydrogen-bond donors (Lipinski definition) is 1. The van der Waals surface area contributed by atoms with Crippen LogP contribution in [0.15, 0.2) is 29.8 Å². The molecule has 2 rings (SSSR count).